The van der Waals surface area contributed by atoms with Gasteiger partial charge < -0.3 is 19.7 Å². The van der Waals surface area contributed by atoms with Gasteiger partial charge in [-0.25, -0.2) is 0 Å². The second-order valence-corrected chi connectivity index (χ2v) is 5.98. The van der Waals surface area contributed by atoms with Crippen molar-refractivity contribution < 1.29 is 14.3 Å². The Morgan fingerprint density at radius 2 is 1.83 bits per heavy atom. The SMILES string of the molecule is COc1ccc(O[C@H](C)C(=O)NCCCN2CCCCC2)cc1. The fourth-order valence-electron chi connectivity index (χ4n) is 2.75. The maximum Gasteiger partial charge on any atom is 0.260 e. The first-order valence-electron chi connectivity index (χ1n) is 8.50. The standard InChI is InChI=1S/C18H28N2O3/c1-15(23-17-9-7-16(22-2)8-10-17)18(21)19-11-6-14-20-12-4-3-5-13-20/h7-10,15H,3-6,11-14H2,1-2H3,(H,19,21)/t15-/m1/s1. The van der Waals surface area contributed by atoms with E-state index in [4.69, 9.17) is 9.47 Å². The molecule has 1 aromatic rings. The lowest BCUT2D eigenvalue weighted by Gasteiger charge is -2.26. The van der Waals surface area contributed by atoms with Gasteiger partial charge in [0.2, 0.25) is 0 Å². The summed E-state index contributed by atoms with van der Waals surface area (Å²) in [5.41, 5.74) is 0. The van der Waals surface area contributed by atoms with E-state index in [1.165, 1.54) is 32.4 Å². The Morgan fingerprint density at radius 3 is 2.48 bits per heavy atom. The van der Waals surface area contributed by atoms with Crippen LogP contribution in [0.25, 0.3) is 0 Å². The van der Waals surface area contributed by atoms with Crippen LogP contribution in [0.3, 0.4) is 0 Å². The van der Waals surface area contributed by atoms with Crippen molar-refractivity contribution in [2.24, 2.45) is 0 Å². The van der Waals surface area contributed by atoms with Crippen molar-refractivity contribution in [1.29, 1.82) is 0 Å². The van der Waals surface area contributed by atoms with E-state index in [1.54, 1.807) is 26.2 Å². The number of rotatable bonds is 8. The van der Waals surface area contributed by atoms with Crippen LogP contribution in [-0.4, -0.2) is 50.2 Å². The lowest BCUT2D eigenvalue weighted by Crippen LogP contribution is -2.38. The minimum absolute atomic E-state index is 0.0699. The molecular weight excluding hydrogens is 292 g/mol. The van der Waals surface area contributed by atoms with Gasteiger partial charge in [0.1, 0.15) is 11.5 Å². The molecule has 1 aliphatic rings. The van der Waals surface area contributed by atoms with E-state index < -0.39 is 6.10 Å². The summed E-state index contributed by atoms with van der Waals surface area (Å²) >= 11 is 0. The monoisotopic (exact) mass is 320 g/mol. The van der Waals surface area contributed by atoms with Gasteiger partial charge in [-0.05, 0) is 70.1 Å². The number of amides is 1. The zero-order valence-corrected chi connectivity index (χ0v) is 14.2. The summed E-state index contributed by atoms with van der Waals surface area (Å²) in [6.45, 7) is 5.93. The van der Waals surface area contributed by atoms with E-state index in [0.29, 0.717) is 12.3 Å². The average Bonchev–Trinajstić information content (AvgIpc) is 2.60. The summed E-state index contributed by atoms with van der Waals surface area (Å²) in [5.74, 6) is 1.37. The molecule has 5 heteroatoms. The fourth-order valence-corrected chi connectivity index (χ4v) is 2.75. The van der Waals surface area contributed by atoms with Crippen LogP contribution in [0.5, 0.6) is 11.5 Å². The van der Waals surface area contributed by atoms with Gasteiger partial charge in [0.05, 0.1) is 7.11 Å². The Hall–Kier alpha value is -1.75. The number of benzene rings is 1. The highest BCUT2D eigenvalue weighted by atomic mass is 16.5. The van der Waals surface area contributed by atoms with Crippen molar-refractivity contribution in [2.75, 3.05) is 33.3 Å². The molecule has 1 atom stereocenters. The normalized spacial score (nSPS) is 16.6. The van der Waals surface area contributed by atoms with Crippen LogP contribution in [0.4, 0.5) is 0 Å². The predicted molar refractivity (Wildman–Crippen MR) is 91.0 cm³/mol. The van der Waals surface area contributed by atoms with Crippen molar-refractivity contribution in [1.82, 2.24) is 10.2 Å². The Balaban J connectivity index is 1.63. The van der Waals surface area contributed by atoms with Crippen LogP contribution >= 0.6 is 0 Å². The maximum atomic E-state index is 12.0. The molecule has 0 aliphatic carbocycles. The molecule has 1 aromatic carbocycles. The Labute approximate surface area is 139 Å². The minimum atomic E-state index is -0.501. The van der Waals surface area contributed by atoms with Crippen LogP contribution in [0.1, 0.15) is 32.6 Å². The molecule has 0 radical (unpaired) electrons. The van der Waals surface area contributed by atoms with Crippen molar-refractivity contribution in [2.45, 2.75) is 38.7 Å². The Kier molecular flexibility index (Phi) is 7.20. The third kappa shape index (κ3) is 6.10. The van der Waals surface area contributed by atoms with Gasteiger partial charge in [0.25, 0.3) is 5.91 Å². The maximum absolute atomic E-state index is 12.0. The van der Waals surface area contributed by atoms with Gasteiger partial charge >= 0.3 is 0 Å². The van der Waals surface area contributed by atoms with E-state index in [0.717, 1.165) is 18.7 Å². The van der Waals surface area contributed by atoms with E-state index >= 15 is 0 Å². The quantitative estimate of drug-likeness (QED) is 0.748. The first kappa shape index (κ1) is 17.6. The van der Waals surface area contributed by atoms with E-state index in [-0.39, 0.29) is 5.91 Å². The molecule has 1 fully saturated rings. The molecule has 1 saturated heterocycles. The molecule has 0 saturated carbocycles. The summed E-state index contributed by atoms with van der Waals surface area (Å²) < 4.78 is 10.7. The average molecular weight is 320 g/mol. The molecule has 1 amide bonds. The van der Waals surface area contributed by atoms with E-state index in [2.05, 4.69) is 10.2 Å². The zero-order chi connectivity index (χ0) is 16.5. The summed E-state index contributed by atoms with van der Waals surface area (Å²) in [7, 11) is 1.62. The third-order valence-electron chi connectivity index (χ3n) is 4.14. The van der Waals surface area contributed by atoms with Crippen molar-refractivity contribution in [3.8, 4) is 11.5 Å². The lowest BCUT2D eigenvalue weighted by atomic mass is 10.1. The molecule has 0 aromatic heterocycles. The number of nitrogens with zero attached hydrogens (tertiary/aromatic N) is 1. The lowest BCUT2D eigenvalue weighted by molar-refractivity contribution is -0.127. The van der Waals surface area contributed by atoms with Crippen LogP contribution in [0.15, 0.2) is 24.3 Å². The minimum Gasteiger partial charge on any atom is -0.497 e. The Morgan fingerprint density at radius 1 is 1.17 bits per heavy atom. The summed E-state index contributed by atoms with van der Waals surface area (Å²) in [6, 6.07) is 7.25. The summed E-state index contributed by atoms with van der Waals surface area (Å²) in [6.07, 6.45) is 4.45. The number of methoxy groups -OCH3 is 1. The van der Waals surface area contributed by atoms with E-state index in [9.17, 15) is 4.79 Å². The number of carbonyl (C=O) groups excluding carboxylic acids is 1. The van der Waals surface area contributed by atoms with Gasteiger partial charge in [0.15, 0.2) is 6.10 Å². The van der Waals surface area contributed by atoms with Gasteiger partial charge in [-0.3, -0.25) is 4.79 Å². The van der Waals surface area contributed by atoms with Crippen LogP contribution < -0.4 is 14.8 Å². The first-order chi connectivity index (χ1) is 11.2. The number of piperidine rings is 1. The molecular formula is C18H28N2O3. The van der Waals surface area contributed by atoms with Gasteiger partial charge in [-0.15, -0.1) is 0 Å². The number of likely N-dealkylation sites (tertiary alicyclic amines) is 1. The largest absolute Gasteiger partial charge is 0.497 e. The van der Waals surface area contributed by atoms with E-state index in [1.807, 2.05) is 12.1 Å². The number of hydrogen-bond donors (Lipinski definition) is 1. The van der Waals surface area contributed by atoms with Crippen LogP contribution in [0, 0.1) is 0 Å². The van der Waals surface area contributed by atoms with Crippen molar-refractivity contribution >= 4 is 5.91 Å². The third-order valence-corrected chi connectivity index (χ3v) is 4.14. The summed E-state index contributed by atoms with van der Waals surface area (Å²) in [4.78, 5) is 14.5. The van der Waals surface area contributed by atoms with Crippen LogP contribution in [-0.2, 0) is 4.79 Å². The van der Waals surface area contributed by atoms with Crippen LogP contribution in [0.2, 0.25) is 0 Å². The highest BCUT2D eigenvalue weighted by Gasteiger charge is 2.14. The highest BCUT2D eigenvalue weighted by Crippen LogP contribution is 2.18. The number of carbonyl (C=O) groups is 1. The molecule has 1 N–H and O–H groups in total. The molecule has 23 heavy (non-hydrogen) atoms. The van der Waals surface area contributed by atoms with Gasteiger partial charge in [0, 0.05) is 6.54 Å². The molecule has 1 aliphatic heterocycles. The number of ether oxygens (including phenoxy) is 2. The molecule has 1 heterocycles. The zero-order valence-electron chi connectivity index (χ0n) is 14.2. The Bertz CT molecular complexity index is 470. The number of hydrogen-bond acceptors (Lipinski definition) is 4. The second-order valence-electron chi connectivity index (χ2n) is 5.98. The van der Waals surface area contributed by atoms with Gasteiger partial charge in [-0.1, -0.05) is 6.42 Å². The molecule has 0 spiro atoms. The predicted octanol–water partition coefficient (Wildman–Crippen LogP) is 2.45. The second kappa shape index (κ2) is 9.40. The van der Waals surface area contributed by atoms with Crippen molar-refractivity contribution in [3.05, 3.63) is 24.3 Å². The molecule has 2 rings (SSSR count). The molecule has 0 unspecified atom stereocenters. The topological polar surface area (TPSA) is 50.8 Å². The number of nitrogens with one attached hydrogen (secondary N) is 1. The fraction of sp³-hybridized carbons (Fsp3) is 0.611. The summed E-state index contributed by atoms with van der Waals surface area (Å²) in [5, 5.41) is 2.95. The van der Waals surface area contributed by atoms with Gasteiger partial charge in [-0.2, -0.15) is 0 Å². The molecule has 0 bridgehead atoms. The molecule has 5 nitrogen and oxygen atoms in total. The highest BCUT2D eigenvalue weighted by molar-refractivity contribution is 5.80. The molecule has 128 valence electrons. The first-order valence-corrected chi connectivity index (χ1v) is 8.50. The smallest absolute Gasteiger partial charge is 0.260 e. The van der Waals surface area contributed by atoms with Crippen molar-refractivity contribution in [3.63, 3.8) is 0 Å².